The largest absolute Gasteiger partial charge is 0.366 e. The van der Waals surface area contributed by atoms with E-state index in [4.69, 9.17) is 0 Å². The first-order valence-electron chi connectivity index (χ1n) is 5.02. The van der Waals surface area contributed by atoms with Crippen LogP contribution in [0.2, 0.25) is 0 Å². The highest BCUT2D eigenvalue weighted by Crippen LogP contribution is 2.23. The second kappa shape index (κ2) is 3.30. The molecular formula is C11H21N3. The van der Waals surface area contributed by atoms with Crippen molar-refractivity contribution in [3.8, 4) is 0 Å². The van der Waals surface area contributed by atoms with E-state index < -0.39 is 0 Å². The lowest BCUT2D eigenvalue weighted by molar-refractivity contribution is 0.567. The molecule has 1 heterocycles. The Labute approximate surface area is 86.3 Å². The van der Waals surface area contributed by atoms with Crippen molar-refractivity contribution in [3.63, 3.8) is 0 Å². The Balaban J connectivity index is 2.79. The van der Waals surface area contributed by atoms with Crippen LogP contribution in [0.25, 0.3) is 0 Å². The minimum absolute atomic E-state index is 0.0711. The maximum Gasteiger partial charge on any atom is 0.122 e. The highest BCUT2D eigenvalue weighted by molar-refractivity contribution is 5.39. The van der Waals surface area contributed by atoms with Gasteiger partial charge in [0, 0.05) is 17.0 Å². The number of aromatic amines is 1. The number of nitrogens with one attached hydrogen (secondary N) is 2. The van der Waals surface area contributed by atoms with Crippen LogP contribution in [-0.2, 0) is 5.41 Å². The van der Waals surface area contributed by atoms with E-state index in [0.717, 1.165) is 11.5 Å². The molecule has 0 aliphatic heterocycles. The molecule has 1 aromatic heterocycles. The topological polar surface area (TPSA) is 40.7 Å². The normalized spacial score (nSPS) is 13.0. The number of hydrogen-bond acceptors (Lipinski definition) is 2. The van der Waals surface area contributed by atoms with Crippen molar-refractivity contribution in [1.82, 2.24) is 10.2 Å². The van der Waals surface area contributed by atoms with Crippen LogP contribution in [-0.4, -0.2) is 15.7 Å². The second-order valence-electron chi connectivity index (χ2n) is 5.79. The zero-order chi connectivity index (χ0) is 11.0. The molecule has 0 atom stereocenters. The van der Waals surface area contributed by atoms with E-state index in [1.54, 1.807) is 0 Å². The molecule has 0 spiro atoms. The maximum absolute atomic E-state index is 4.28. The fourth-order valence-corrected chi connectivity index (χ4v) is 1.17. The second-order valence-corrected chi connectivity index (χ2v) is 5.79. The Kier molecular flexibility index (Phi) is 2.61. The highest BCUT2D eigenvalue weighted by Gasteiger charge is 2.18. The molecule has 2 N–H and O–H groups in total. The van der Waals surface area contributed by atoms with Gasteiger partial charge in [-0.05, 0) is 20.8 Å². The molecule has 1 aromatic rings. The average molecular weight is 195 g/mol. The van der Waals surface area contributed by atoms with Gasteiger partial charge in [-0.1, -0.05) is 20.8 Å². The quantitative estimate of drug-likeness (QED) is 0.723. The standard InChI is InChI=1S/C11H21N3/c1-10(2,3)8-7-9(14-13-8)12-11(4,5)6/h7H,1-6H3,(H2,12,13,14). The molecule has 0 fully saturated rings. The summed E-state index contributed by atoms with van der Waals surface area (Å²) < 4.78 is 0. The summed E-state index contributed by atoms with van der Waals surface area (Å²) in [4.78, 5) is 0. The van der Waals surface area contributed by atoms with Crippen LogP contribution >= 0.6 is 0 Å². The summed E-state index contributed by atoms with van der Waals surface area (Å²) in [5.74, 6) is 0.988. The first-order valence-corrected chi connectivity index (χ1v) is 5.02. The summed E-state index contributed by atoms with van der Waals surface area (Å²) in [6.07, 6.45) is 0. The molecule has 14 heavy (non-hydrogen) atoms. The number of aromatic nitrogens is 2. The Morgan fingerprint density at radius 2 is 1.71 bits per heavy atom. The van der Waals surface area contributed by atoms with E-state index in [2.05, 4.69) is 63.1 Å². The first-order chi connectivity index (χ1) is 6.18. The molecule has 0 radical (unpaired) electrons. The molecule has 0 aromatic carbocycles. The van der Waals surface area contributed by atoms with Gasteiger partial charge >= 0.3 is 0 Å². The zero-order valence-corrected chi connectivity index (χ0v) is 10.0. The minimum Gasteiger partial charge on any atom is -0.366 e. The molecule has 1 rings (SSSR count). The van der Waals surface area contributed by atoms with Crippen molar-refractivity contribution in [2.24, 2.45) is 0 Å². The van der Waals surface area contributed by atoms with Crippen molar-refractivity contribution < 1.29 is 0 Å². The van der Waals surface area contributed by atoms with E-state index in [9.17, 15) is 0 Å². The molecule has 0 aliphatic carbocycles. The van der Waals surface area contributed by atoms with E-state index >= 15 is 0 Å². The number of rotatable bonds is 1. The lowest BCUT2D eigenvalue weighted by atomic mass is 9.92. The smallest absolute Gasteiger partial charge is 0.122 e. The number of H-pyrrole nitrogens is 1. The SMILES string of the molecule is CC(C)(C)Nc1cc(C(C)(C)C)n[nH]1. The Morgan fingerprint density at radius 3 is 2.07 bits per heavy atom. The van der Waals surface area contributed by atoms with E-state index in [-0.39, 0.29) is 11.0 Å². The molecule has 3 nitrogen and oxygen atoms in total. The van der Waals surface area contributed by atoms with Gasteiger partial charge in [0.1, 0.15) is 5.82 Å². The fraction of sp³-hybridized carbons (Fsp3) is 0.727. The third-order valence-corrected chi connectivity index (χ3v) is 1.86. The summed E-state index contributed by atoms with van der Waals surface area (Å²) >= 11 is 0. The van der Waals surface area contributed by atoms with Crippen LogP contribution in [0.1, 0.15) is 47.2 Å². The lowest BCUT2D eigenvalue weighted by Crippen LogP contribution is -2.26. The first kappa shape index (κ1) is 11.1. The van der Waals surface area contributed by atoms with Crippen LogP contribution in [0.15, 0.2) is 6.07 Å². The Hall–Kier alpha value is -0.990. The van der Waals surface area contributed by atoms with Gasteiger partial charge in [-0.15, -0.1) is 0 Å². The lowest BCUT2D eigenvalue weighted by Gasteiger charge is -2.20. The number of nitrogens with zero attached hydrogens (tertiary/aromatic N) is 1. The molecule has 0 bridgehead atoms. The monoisotopic (exact) mass is 195 g/mol. The summed E-state index contributed by atoms with van der Waals surface area (Å²) in [5, 5.41) is 10.6. The molecule has 0 unspecified atom stereocenters. The van der Waals surface area contributed by atoms with E-state index in [1.165, 1.54) is 0 Å². The summed E-state index contributed by atoms with van der Waals surface area (Å²) in [6.45, 7) is 12.9. The molecule has 0 amide bonds. The van der Waals surface area contributed by atoms with Gasteiger partial charge in [0.25, 0.3) is 0 Å². The highest BCUT2D eigenvalue weighted by atomic mass is 15.2. The van der Waals surface area contributed by atoms with Crippen LogP contribution < -0.4 is 5.32 Å². The number of hydrogen-bond donors (Lipinski definition) is 2. The molecule has 3 heteroatoms. The Morgan fingerprint density at radius 1 is 1.14 bits per heavy atom. The Bertz CT molecular complexity index is 299. The van der Waals surface area contributed by atoms with Crippen LogP contribution in [0.3, 0.4) is 0 Å². The fourth-order valence-electron chi connectivity index (χ4n) is 1.17. The van der Waals surface area contributed by atoms with Gasteiger partial charge in [0.05, 0.1) is 5.69 Å². The van der Waals surface area contributed by atoms with Crippen molar-refractivity contribution >= 4 is 5.82 Å². The molecule has 80 valence electrons. The summed E-state index contributed by atoms with van der Waals surface area (Å²) in [6, 6.07) is 2.07. The van der Waals surface area contributed by atoms with E-state index in [1.807, 2.05) is 0 Å². The number of anilines is 1. The van der Waals surface area contributed by atoms with Gasteiger partial charge in [-0.2, -0.15) is 5.10 Å². The van der Waals surface area contributed by atoms with Crippen molar-refractivity contribution in [3.05, 3.63) is 11.8 Å². The van der Waals surface area contributed by atoms with Gasteiger partial charge in [0.2, 0.25) is 0 Å². The molecule has 0 saturated heterocycles. The van der Waals surface area contributed by atoms with Crippen molar-refractivity contribution in [1.29, 1.82) is 0 Å². The summed E-state index contributed by atoms with van der Waals surface area (Å²) in [5.41, 5.74) is 1.26. The van der Waals surface area contributed by atoms with Crippen LogP contribution in [0.4, 0.5) is 5.82 Å². The zero-order valence-electron chi connectivity index (χ0n) is 10.0. The van der Waals surface area contributed by atoms with Gasteiger partial charge in [-0.25, -0.2) is 0 Å². The average Bonchev–Trinajstić information content (AvgIpc) is 2.29. The van der Waals surface area contributed by atoms with Gasteiger partial charge < -0.3 is 5.32 Å². The maximum atomic E-state index is 4.28. The minimum atomic E-state index is 0.0711. The van der Waals surface area contributed by atoms with Gasteiger partial charge in [0.15, 0.2) is 0 Å². The summed E-state index contributed by atoms with van der Waals surface area (Å²) in [7, 11) is 0. The van der Waals surface area contributed by atoms with Crippen LogP contribution in [0.5, 0.6) is 0 Å². The van der Waals surface area contributed by atoms with Gasteiger partial charge in [-0.3, -0.25) is 5.10 Å². The molecule has 0 aliphatic rings. The van der Waals surface area contributed by atoms with Crippen LogP contribution in [0, 0.1) is 0 Å². The molecule has 0 saturated carbocycles. The van der Waals surface area contributed by atoms with Crippen molar-refractivity contribution in [2.75, 3.05) is 5.32 Å². The molecular weight excluding hydrogens is 174 g/mol. The third kappa shape index (κ3) is 3.05. The van der Waals surface area contributed by atoms with E-state index in [0.29, 0.717) is 0 Å². The third-order valence-electron chi connectivity index (χ3n) is 1.86. The van der Waals surface area contributed by atoms with Crippen molar-refractivity contribution in [2.45, 2.75) is 52.5 Å². The predicted molar refractivity (Wildman–Crippen MR) is 60.7 cm³/mol. The predicted octanol–water partition coefficient (Wildman–Crippen LogP) is 2.92.